The molecule has 2 heterocycles. The average Bonchev–Trinajstić information content (AvgIpc) is 3.05. The van der Waals surface area contributed by atoms with Gasteiger partial charge in [0.05, 0.1) is 32.0 Å². The fraction of sp³-hybridized carbons (Fsp3) is 0.900. The number of amides is 2. The second-order valence-corrected chi connectivity index (χ2v) is 12.1. The number of ketones is 1. The summed E-state index contributed by atoms with van der Waals surface area (Å²) in [7, 11) is 0. The van der Waals surface area contributed by atoms with Crippen LogP contribution in [0.1, 0.15) is 71.1 Å². The molecule has 2 saturated heterocycles. The molecule has 10 unspecified atom stereocenters. The van der Waals surface area contributed by atoms with Crippen molar-refractivity contribution in [3.63, 3.8) is 0 Å². The van der Waals surface area contributed by atoms with Crippen molar-refractivity contribution in [2.75, 3.05) is 39.6 Å². The molecule has 0 radical (unpaired) electrons. The van der Waals surface area contributed by atoms with E-state index in [2.05, 4.69) is 10.6 Å². The quantitative estimate of drug-likeness (QED) is 0.0501. The highest BCUT2D eigenvalue weighted by Gasteiger charge is 2.48. The third-order valence-corrected chi connectivity index (χ3v) is 8.27. The van der Waals surface area contributed by atoms with Gasteiger partial charge < -0.3 is 70.4 Å². The van der Waals surface area contributed by atoms with Crippen molar-refractivity contribution in [2.24, 2.45) is 0 Å². The Labute approximate surface area is 274 Å². The van der Waals surface area contributed by atoms with Gasteiger partial charge in [-0.15, -0.1) is 0 Å². The van der Waals surface area contributed by atoms with Crippen molar-refractivity contribution in [3.05, 3.63) is 0 Å². The van der Waals surface area contributed by atoms with Crippen molar-refractivity contribution in [1.82, 2.24) is 10.6 Å². The smallest absolute Gasteiger partial charge is 0.220 e. The molecule has 47 heavy (non-hydrogen) atoms. The van der Waals surface area contributed by atoms with Crippen LogP contribution in [0.4, 0.5) is 0 Å². The molecule has 17 nitrogen and oxygen atoms in total. The summed E-state index contributed by atoms with van der Waals surface area (Å²) >= 11 is 0. The van der Waals surface area contributed by atoms with Crippen LogP contribution in [0.15, 0.2) is 0 Å². The number of Topliss-reactive ketones (excluding diaryl/α,β-unsaturated/α-hetero) is 1. The number of aliphatic hydroxyl groups excluding tert-OH is 7. The van der Waals surface area contributed by atoms with Crippen molar-refractivity contribution < 1.29 is 74.2 Å². The van der Waals surface area contributed by atoms with E-state index in [9.17, 15) is 55.2 Å². The Hall–Kier alpha value is -1.87. The lowest BCUT2D eigenvalue weighted by Crippen LogP contribution is -2.60. The molecule has 0 aromatic rings. The van der Waals surface area contributed by atoms with Gasteiger partial charge in [-0.2, -0.15) is 0 Å². The van der Waals surface area contributed by atoms with Gasteiger partial charge in [-0.25, -0.2) is 0 Å². The van der Waals surface area contributed by atoms with Crippen molar-refractivity contribution in [1.29, 1.82) is 0 Å². The number of hydrogen-bond donors (Lipinski definition) is 10. The van der Waals surface area contributed by atoms with Gasteiger partial charge in [-0.1, -0.05) is 0 Å². The first-order chi connectivity index (χ1) is 22.4. The summed E-state index contributed by atoms with van der Waals surface area (Å²) in [4.78, 5) is 36.6. The van der Waals surface area contributed by atoms with Gasteiger partial charge in [0.2, 0.25) is 11.8 Å². The van der Waals surface area contributed by atoms with Crippen molar-refractivity contribution in [2.45, 2.75) is 132 Å². The zero-order valence-electron chi connectivity index (χ0n) is 26.9. The molecule has 2 rings (SSSR count). The van der Waals surface area contributed by atoms with Gasteiger partial charge >= 0.3 is 0 Å². The fourth-order valence-electron chi connectivity index (χ4n) is 5.29. The Bertz CT molecular complexity index is 943. The van der Waals surface area contributed by atoms with E-state index in [0.717, 1.165) is 0 Å². The van der Waals surface area contributed by atoms with Crippen LogP contribution >= 0.6 is 0 Å². The van der Waals surface area contributed by atoms with Crippen LogP contribution in [-0.2, 0) is 33.3 Å². The first-order valence-electron chi connectivity index (χ1n) is 16.2. The number of aliphatic hydroxyl groups is 8. The molecule has 0 aromatic heterocycles. The van der Waals surface area contributed by atoms with Crippen LogP contribution in [-0.4, -0.2) is 159 Å². The second kappa shape index (κ2) is 21.3. The van der Waals surface area contributed by atoms with E-state index >= 15 is 0 Å². The molecule has 2 aliphatic rings. The SMILES string of the molecule is CC(=O)C(CCCCNC(=O)CCCCOC1OC(CO)CC(O)(CO)C1O)NC(=O)CCCCOC1OC(CO)C(O)C(O)C1O. The van der Waals surface area contributed by atoms with Gasteiger partial charge in [0, 0.05) is 39.0 Å². The third-order valence-electron chi connectivity index (χ3n) is 8.27. The molecule has 0 aliphatic carbocycles. The molecule has 2 fully saturated rings. The maximum absolute atomic E-state index is 12.4. The van der Waals surface area contributed by atoms with Crippen LogP contribution in [0, 0.1) is 0 Å². The highest BCUT2D eigenvalue weighted by Crippen LogP contribution is 2.30. The average molecular weight is 683 g/mol. The monoisotopic (exact) mass is 682 g/mol. The van der Waals surface area contributed by atoms with Gasteiger partial charge in [-0.3, -0.25) is 14.4 Å². The Morgan fingerprint density at radius 2 is 1.45 bits per heavy atom. The fourth-order valence-corrected chi connectivity index (χ4v) is 5.29. The van der Waals surface area contributed by atoms with E-state index in [4.69, 9.17) is 18.9 Å². The summed E-state index contributed by atoms with van der Waals surface area (Å²) in [5.41, 5.74) is -1.84. The molecule has 2 amide bonds. The van der Waals surface area contributed by atoms with Crippen LogP contribution in [0.25, 0.3) is 0 Å². The van der Waals surface area contributed by atoms with Crippen LogP contribution in [0.5, 0.6) is 0 Å². The molecule has 2 aliphatic heterocycles. The Balaban J connectivity index is 1.53. The van der Waals surface area contributed by atoms with Crippen LogP contribution in [0.2, 0.25) is 0 Å². The number of carbonyl (C=O) groups excluding carboxylic acids is 3. The zero-order chi connectivity index (χ0) is 35.0. The summed E-state index contributed by atoms with van der Waals surface area (Å²) in [6.45, 7) is 0.327. The number of rotatable bonds is 22. The van der Waals surface area contributed by atoms with Gasteiger partial charge in [-0.05, 0) is 51.9 Å². The lowest BCUT2D eigenvalue weighted by Gasteiger charge is -2.43. The van der Waals surface area contributed by atoms with Crippen LogP contribution < -0.4 is 10.6 Å². The number of carbonyl (C=O) groups is 3. The summed E-state index contributed by atoms with van der Waals surface area (Å²) in [5, 5.41) is 83.7. The highest BCUT2D eigenvalue weighted by atomic mass is 16.7. The molecule has 0 aromatic carbocycles. The molecule has 10 N–H and O–H groups in total. The minimum absolute atomic E-state index is 0.0909. The second-order valence-electron chi connectivity index (χ2n) is 12.1. The number of nitrogens with one attached hydrogen (secondary N) is 2. The third kappa shape index (κ3) is 13.5. The van der Waals surface area contributed by atoms with Crippen LogP contribution in [0.3, 0.4) is 0 Å². The minimum Gasteiger partial charge on any atom is -0.394 e. The maximum atomic E-state index is 12.4. The molecular weight excluding hydrogens is 628 g/mol. The maximum Gasteiger partial charge on any atom is 0.220 e. The lowest BCUT2D eigenvalue weighted by atomic mass is 9.88. The minimum atomic E-state index is -1.84. The molecule has 17 heteroatoms. The largest absolute Gasteiger partial charge is 0.394 e. The molecule has 0 bridgehead atoms. The van der Waals surface area contributed by atoms with E-state index in [-0.39, 0.29) is 50.1 Å². The Morgan fingerprint density at radius 3 is 2.04 bits per heavy atom. The Morgan fingerprint density at radius 1 is 0.809 bits per heavy atom. The standard InChI is InChI=1S/C30H54N2O15/c1-18(36)20(32-23(38)10-4-7-12-44-28-26(41)25(40)24(39)21(16-34)47-28)8-2-5-11-31-22(37)9-3-6-13-45-29-27(42)30(43,17-35)14-19(15-33)46-29/h19-21,24-29,33-35,39-43H,2-17H2,1H3,(H,31,37)(H,32,38). The highest BCUT2D eigenvalue weighted by molar-refractivity contribution is 5.87. The summed E-state index contributed by atoms with van der Waals surface area (Å²) in [5.74, 6) is -0.660. The lowest BCUT2D eigenvalue weighted by molar-refractivity contribution is -0.304. The molecule has 274 valence electrons. The van der Waals surface area contributed by atoms with E-state index < -0.39 is 80.7 Å². The molecule has 0 saturated carbocycles. The number of ether oxygens (including phenoxy) is 4. The predicted molar refractivity (Wildman–Crippen MR) is 161 cm³/mol. The Kier molecular flexibility index (Phi) is 18.7. The zero-order valence-corrected chi connectivity index (χ0v) is 26.9. The van der Waals surface area contributed by atoms with E-state index in [1.54, 1.807) is 0 Å². The first kappa shape index (κ1) is 41.3. The molecule has 0 spiro atoms. The van der Waals surface area contributed by atoms with E-state index in [0.29, 0.717) is 51.5 Å². The van der Waals surface area contributed by atoms with Gasteiger partial charge in [0.15, 0.2) is 18.4 Å². The van der Waals surface area contributed by atoms with E-state index in [1.165, 1.54) is 6.92 Å². The normalized spacial score (nSPS) is 31.7. The summed E-state index contributed by atoms with van der Waals surface area (Å²) in [6, 6.07) is -0.656. The topological polar surface area (TPSA) is 274 Å². The van der Waals surface area contributed by atoms with Gasteiger partial charge in [0.25, 0.3) is 0 Å². The molecule has 10 atom stereocenters. The first-order valence-corrected chi connectivity index (χ1v) is 16.2. The van der Waals surface area contributed by atoms with E-state index in [1.807, 2.05) is 0 Å². The summed E-state index contributed by atoms with van der Waals surface area (Å²) in [6.07, 6.45) is -6.70. The van der Waals surface area contributed by atoms with Crippen molar-refractivity contribution >= 4 is 17.6 Å². The predicted octanol–water partition coefficient (Wildman–Crippen LogP) is -3.29. The summed E-state index contributed by atoms with van der Waals surface area (Å²) < 4.78 is 21.6. The molecular formula is C30H54N2O15. The number of unbranched alkanes of at least 4 members (excludes halogenated alkanes) is 3. The van der Waals surface area contributed by atoms with Gasteiger partial charge in [0.1, 0.15) is 36.1 Å². The number of hydrogen-bond acceptors (Lipinski definition) is 15. The van der Waals surface area contributed by atoms with Crippen molar-refractivity contribution in [3.8, 4) is 0 Å².